The van der Waals surface area contributed by atoms with Crippen molar-refractivity contribution in [2.75, 3.05) is 10.8 Å². The van der Waals surface area contributed by atoms with E-state index >= 15 is 0 Å². The minimum Gasteiger partial charge on any atom is -0.350 e. The average Bonchev–Trinajstić information content (AvgIpc) is 2.84. The Morgan fingerprint density at radius 2 is 1.39 bits per heavy atom. The highest BCUT2D eigenvalue weighted by Crippen LogP contribution is 2.26. The van der Waals surface area contributed by atoms with Gasteiger partial charge in [0.15, 0.2) is 0 Å². The molecule has 0 heterocycles. The predicted octanol–water partition coefficient (Wildman–Crippen LogP) is 4.83. The quantitative estimate of drug-likeness (QED) is 0.425. The van der Waals surface area contributed by atoms with Crippen LogP contribution in [0, 0.1) is 13.8 Å². The molecule has 0 spiro atoms. The normalized spacial score (nSPS) is 12.5. The second-order valence-corrected chi connectivity index (χ2v) is 12.5. The van der Waals surface area contributed by atoms with Crippen molar-refractivity contribution in [1.29, 1.82) is 0 Å². The number of rotatable bonds is 9. The molecule has 3 aromatic rings. The fourth-order valence-corrected chi connectivity index (χ4v) is 5.60. The van der Waals surface area contributed by atoms with Crippen LogP contribution in [-0.2, 0) is 26.2 Å². The first-order chi connectivity index (χ1) is 17.8. The number of carbonyl (C=O) groups excluding carboxylic acids is 2. The molecule has 0 aliphatic carbocycles. The SMILES string of the molecule is Cc1cc(C)cc(N(CC(=O)N(Cc2ccccc2)[C@@H](C)C(=O)NC(C)(C)C)S(=O)(=O)c2ccccc2)c1. The lowest BCUT2D eigenvalue weighted by atomic mass is 10.1. The summed E-state index contributed by atoms with van der Waals surface area (Å²) in [5, 5.41) is 2.93. The number of hydrogen-bond donors (Lipinski definition) is 1. The molecule has 38 heavy (non-hydrogen) atoms. The summed E-state index contributed by atoms with van der Waals surface area (Å²) in [5.41, 5.74) is 2.49. The van der Waals surface area contributed by atoms with E-state index in [1.165, 1.54) is 17.0 Å². The maximum atomic E-state index is 13.9. The zero-order valence-corrected chi connectivity index (χ0v) is 23.7. The molecular weight excluding hydrogens is 498 g/mol. The molecule has 0 aliphatic rings. The molecule has 0 saturated heterocycles. The highest BCUT2D eigenvalue weighted by molar-refractivity contribution is 7.92. The van der Waals surface area contributed by atoms with Crippen LogP contribution in [0.2, 0.25) is 0 Å². The summed E-state index contributed by atoms with van der Waals surface area (Å²) in [4.78, 5) is 28.6. The molecule has 1 atom stereocenters. The topological polar surface area (TPSA) is 86.8 Å². The van der Waals surface area contributed by atoms with Gasteiger partial charge in [0.05, 0.1) is 10.6 Å². The van der Waals surface area contributed by atoms with Gasteiger partial charge in [0.25, 0.3) is 10.0 Å². The summed E-state index contributed by atoms with van der Waals surface area (Å²) in [6, 6.07) is 22.0. The molecule has 2 amide bonds. The Morgan fingerprint density at radius 1 is 0.868 bits per heavy atom. The molecule has 0 saturated carbocycles. The van der Waals surface area contributed by atoms with Gasteiger partial charge in [-0.15, -0.1) is 0 Å². The number of aryl methyl sites for hydroxylation is 2. The lowest BCUT2D eigenvalue weighted by Crippen LogP contribution is -2.54. The molecule has 3 aromatic carbocycles. The van der Waals surface area contributed by atoms with Crippen LogP contribution in [0.25, 0.3) is 0 Å². The van der Waals surface area contributed by atoms with E-state index in [0.717, 1.165) is 21.0 Å². The van der Waals surface area contributed by atoms with Crippen molar-refractivity contribution >= 4 is 27.5 Å². The molecule has 0 fully saturated rings. The summed E-state index contributed by atoms with van der Waals surface area (Å²) in [6.07, 6.45) is 0. The molecule has 0 unspecified atom stereocenters. The van der Waals surface area contributed by atoms with Crippen molar-refractivity contribution in [1.82, 2.24) is 10.2 Å². The Kier molecular flexibility index (Phi) is 8.99. The Labute approximate surface area is 226 Å². The summed E-state index contributed by atoms with van der Waals surface area (Å²) >= 11 is 0. The third-order valence-corrected chi connectivity index (χ3v) is 7.75. The van der Waals surface area contributed by atoms with Crippen LogP contribution in [0.1, 0.15) is 44.4 Å². The maximum Gasteiger partial charge on any atom is 0.264 e. The van der Waals surface area contributed by atoms with E-state index in [1.807, 2.05) is 71.0 Å². The Morgan fingerprint density at radius 3 is 1.92 bits per heavy atom. The van der Waals surface area contributed by atoms with Crippen LogP contribution in [0.5, 0.6) is 0 Å². The summed E-state index contributed by atoms with van der Waals surface area (Å²) < 4.78 is 28.8. The molecule has 0 aliphatic heterocycles. The van der Waals surface area contributed by atoms with Crippen LogP contribution in [0.3, 0.4) is 0 Å². The number of amides is 2. The molecule has 7 nitrogen and oxygen atoms in total. The minimum atomic E-state index is -4.08. The van der Waals surface area contributed by atoms with Crippen molar-refractivity contribution in [3.05, 3.63) is 95.6 Å². The zero-order valence-electron chi connectivity index (χ0n) is 22.9. The first kappa shape index (κ1) is 28.9. The second-order valence-electron chi connectivity index (χ2n) is 10.6. The van der Waals surface area contributed by atoms with Crippen molar-refractivity contribution in [2.45, 2.75) is 64.6 Å². The third-order valence-electron chi connectivity index (χ3n) is 5.97. The summed E-state index contributed by atoms with van der Waals surface area (Å²) in [5.74, 6) is -0.797. The first-order valence-corrected chi connectivity index (χ1v) is 14.0. The Balaban J connectivity index is 2.05. The van der Waals surface area contributed by atoms with Crippen molar-refractivity contribution < 1.29 is 18.0 Å². The van der Waals surface area contributed by atoms with Crippen molar-refractivity contribution in [3.8, 4) is 0 Å². The van der Waals surface area contributed by atoms with E-state index in [1.54, 1.807) is 37.3 Å². The highest BCUT2D eigenvalue weighted by Gasteiger charge is 2.33. The molecule has 1 N–H and O–H groups in total. The van der Waals surface area contributed by atoms with E-state index in [4.69, 9.17) is 0 Å². The van der Waals surface area contributed by atoms with Gasteiger partial charge in [-0.1, -0.05) is 54.6 Å². The van der Waals surface area contributed by atoms with Crippen LogP contribution >= 0.6 is 0 Å². The van der Waals surface area contributed by atoms with E-state index in [9.17, 15) is 18.0 Å². The highest BCUT2D eigenvalue weighted by atomic mass is 32.2. The smallest absolute Gasteiger partial charge is 0.264 e. The fourth-order valence-electron chi connectivity index (χ4n) is 4.18. The zero-order chi connectivity index (χ0) is 28.1. The van der Waals surface area contributed by atoms with Gasteiger partial charge in [0.1, 0.15) is 12.6 Å². The van der Waals surface area contributed by atoms with E-state index in [2.05, 4.69) is 5.32 Å². The lowest BCUT2D eigenvalue weighted by Gasteiger charge is -2.33. The molecule has 8 heteroatoms. The predicted molar refractivity (Wildman–Crippen MR) is 151 cm³/mol. The first-order valence-electron chi connectivity index (χ1n) is 12.6. The lowest BCUT2D eigenvalue weighted by molar-refractivity contribution is -0.140. The number of nitrogens with one attached hydrogen (secondary N) is 1. The van der Waals surface area contributed by atoms with E-state index < -0.39 is 34.1 Å². The monoisotopic (exact) mass is 535 g/mol. The van der Waals surface area contributed by atoms with Crippen molar-refractivity contribution in [2.24, 2.45) is 0 Å². The van der Waals surface area contributed by atoms with Gasteiger partial charge in [0.2, 0.25) is 11.8 Å². The van der Waals surface area contributed by atoms with Crippen molar-refractivity contribution in [3.63, 3.8) is 0 Å². The number of sulfonamides is 1. The number of nitrogens with zero attached hydrogens (tertiary/aromatic N) is 2. The number of hydrogen-bond acceptors (Lipinski definition) is 4. The van der Waals surface area contributed by atoms with Crippen LogP contribution in [0.4, 0.5) is 5.69 Å². The van der Waals surface area contributed by atoms with E-state index in [0.29, 0.717) is 5.69 Å². The number of anilines is 1. The van der Waals surface area contributed by atoms with E-state index in [-0.39, 0.29) is 17.3 Å². The van der Waals surface area contributed by atoms with Gasteiger partial charge in [-0.3, -0.25) is 13.9 Å². The van der Waals surface area contributed by atoms with Crippen LogP contribution in [0.15, 0.2) is 83.8 Å². The number of benzene rings is 3. The average molecular weight is 536 g/mol. The molecule has 0 bridgehead atoms. The molecular formula is C30H37N3O4S. The van der Waals surface area contributed by atoms with Gasteiger partial charge in [-0.05, 0) is 82.5 Å². The van der Waals surface area contributed by atoms with Gasteiger partial charge < -0.3 is 10.2 Å². The van der Waals surface area contributed by atoms with Gasteiger partial charge >= 0.3 is 0 Å². The molecule has 0 radical (unpaired) electrons. The fraction of sp³-hybridized carbons (Fsp3) is 0.333. The Bertz CT molecular complexity index is 1350. The minimum absolute atomic E-state index is 0.0834. The summed E-state index contributed by atoms with van der Waals surface area (Å²) in [7, 11) is -4.08. The van der Waals surface area contributed by atoms with Gasteiger partial charge in [-0.25, -0.2) is 8.42 Å². The maximum absolute atomic E-state index is 13.9. The van der Waals surface area contributed by atoms with Gasteiger partial charge in [-0.2, -0.15) is 0 Å². The van der Waals surface area contributed by atoms with Crippen LogP contribution in [-0.4, -0.2) is 43.3 Å². The number of carbonyl (C=O) groups is 2. The summed E-state index contributed by atoms with van der Waals surface area (Å²) in [6.45, 7) is 10.7. The second kappa shape index (κ2) is 11.8. The standard InChI is InChI=1S/C30H37N3O4S/c1-22-17-23(2)19-26(18-22)33(38(36,37)27-15-11-8-12-16-27)21-28(34)32(20-25-13-9-7-10-14-25)24(3)29(35)31-30(4,5)6/h7-19,24H,20-21H2,1-6H3,(H,31,35)/t24-/m0/s1. The van der Waals surface area contributed by atoms with Crippen LogP contribution < -0.4 is 9.62 Å². The van der Waals surface area contributed by atoms with Gasteiger partial charge in [0, 0.05) is 12.1 Å². The molecule has 3 rings (SSSR count). The molecule has 202 valence electrons. The molecule has 0 aromatic heterocycles. The Hall–Kier alpha value is -3.65. The third kappa shape index (κ3) is 7.44. The largest absolute Gasteiger partial charge is 0.350 e.